The first-order valence-electron chi connectivity index (χ1n) is 9.56. The highest BCUT2D eigenvalue weighted by molar-refractivity contribution is 6.13. The lowest BCUT2D eigenvalue weighted by molar-refractivity contribution is -0.137. The van der Waals surface area contributed by atoms with Crippen LogP contribution in [0.5, 0.6) is 17.2 Å². The lowest BCUT2D eigenvalue weighted by Gasteiger charge is -2.09. The first-order chi connectivity index (χ1) is 15.2. The van der Waals surface area contributed by atoms with Gasteiger partial charge in [0.25, 0.3) is 0 Å². The van der Waals surface area contributed by atoms with E-state index >= 15 is 0 Å². The number of phenols is 2. The predicted octanol–water partition coefficient (Wildman–Crippen LogP) is 3.26. The highest BCUT2D eigenvalue weighted by atomic mass is 16.5. The first kappa shape index (κ1) is 24.1. The number of aromatic hydroxyl groups is 2. The number of rotatable bonds is 11. The van der Waals surface area contributed by atoms with Gasteiger partial charge in [-0.2, -0.15) is 0 Å². The van der Waals surface area contributed by atoms with Crippen LogP contribution in [0.3, 0.4) is 0 Å². The highest BCUT2D eigenvalue weighted by Gasteiger charge is 2.23. The summed E-state index contributed by atoms with van der Waals surface area (Å²) in [6.07, 6.45) is 5.05. The Morgan fingerprint density at radius 3 is 2.03 bits per heavy atom. The Kier molecular flexibility index (Phi) is 8.47. The molecule has 3 N–H and O–H groups in total. The molecule has 0 aromatic heterocycles. The largest absolute Gasteiger partial charge is 0.507 e. The van der Waals surface area contributed by atoms with Crippen molar-refractivity contribution in [3.8, 4) is 17.2 Å². The molecule has 0 spiro atoms. The van der Waals surface area contributed by atoms with Gasteiger partial charge >= 0.3 is 5.97 Å². The number of aldehydes is 1. The number of ketones is 2. The van der Waals surface area contributed by atoms with Crippen LogP contribution in [0.2, 0.25) is 0 Å². The van der Waals surface area contributed by atoms with Gasteiger partial charge in [-0.1, -0.05) is 24.3 Å². The minimum absolute atomic E-state index is 0.0466. The molecule has 0 aliphatic heterocycles. The van der Waals surface area contributed by atoms with Gasteiger partial charge in [0, 0.05) is 6.42 Å². The zero-order valence-corrected chi connectivity index (χ0v) is 17.2. The van der Waals surface area contributed by atoms with Crippen LogP contribution < -0.4 is 4.74 Å². The van der Waals surface area contributed by atoms with Crippen molar-refractivity contribution in [1.29, 1.82) is 0 Å². The van der Waals surface area contributed by atoms with Crippen molar-refractivity contribution in [2.45, 2.75) is 12.8 Å². The summed E-state index contributed by atoms with van der Waals surface area (Å²) in [4.78, 5) is 47.2. The van der Waals surface area contributed by atoms with Crippen molar-refractivity contribution in [2.24, 2.45) is 5.92 Å². The summed E-state index contributed by atoms with van der Waals surface area (Å²) in [5.41, 5.74) is 1.04. The number of ether oxygens (including phenoxy) is 1. The number of aliphatic carboxylic acids is 1. The molecule has 0 saturated heterocycles. The molecule has 2 aromatic carbocycles. The second kappa shape index (κ2) is 11.3. The van der Waals surface area contributed by atoms with E-state index in [0.29, 0.717) is 17.4 Å². The third-order valence-electron chi connectivity index (χ3n) is 4.60. The molecule has 166 valence electrons. The normalized spacial score (nSPS) is 12.0. The standard InChI is InChI=1S/C24H22O8/c1-32-23-13-16(5-10-22(23)29)4-9-21(28)18(6-11-24(30)31)20(27)8-3-15-2-7-19(26)17(12-15)14-25/h2-5,7-10,12-14,18,26,29H,6,11H2,1H3,(H,30,31)/b8-3+,9-4+. The number of hydrogen-bond donors (Lipinski definition) is 3. The Morgan fingerprint density at radius 2 is 1.50 bits per heavy atom. The number of carbonyl (C=O) groups is 4. The van der Waals surface area contributed by atoms with E-state index in [9.17, 15) is 29.4 Å². The van der Waals surface area contributed by atoms with E-state index in [1.54, 1.807) is 6.07 Å². The van der Waals surface area contributed by atoms with Crippen LogP contribution in [-0.4, -0.2) is 46.3 Å². The van der Waals surface area contributed by atoms with Crippen molar-refractivity contribution >= 4 is 36.0 Å². The average molecular weight is 438 g/mol. The summed E-state index contributed by atoms with van der Waals surface area (Å²) in [6, 6.07) is 8.60. The van der Waals surface area contributed by atoms with Gasteiger partial charge in [0.2, 0.25) is 0 Å². The van der Waals surface area contributed by atoms with E-state index < -0.39 is 23.5 Å². The Balaban J connectivity index is 2.22. The second-order valence-electron chi connectivity index (χ2n) is 6.82. The van der Waals surface area contributed by atoms with Crippen molar-refractivity contribution in [2.75, 3.05) is 7.11 Å². The molecule has 0 radical (unpaired) electrons. The maximum atomic E-state index is 12.7. The minimum atomic E-state index is -1.21. The van der Waals surface area contributed by atoms with Crippen LogP contribution in [0.1, 0.15) is 34.3 Å². The zero-order valence-electron chi connectivity index (χ0n) is 17.2. The van der Waals surface area contributed by atoms with Gasteiger partial charge in [0.1, 0.15) is 5.75 Å². The van der Waals surface area contributed by atoms with Gasteiger partial charge in [-0.3, -0.25) is 19.2 Å². The molecule has 32 heavy (non-hydrogen) atoms. The minimum Gasteiger partial charge on any atom is -0.507 e. The van der Waals surface area contributed by atoms with Crippen molar-refractivity contribution in [1.82, 2.24) is 0 Å². The average Bonchev–Trinajstić information content (AvgIpc) is 2.77. The molecule has 2 aromatic rings. The van der Waals surface area contributed by atoms with Gasteiger partial charge in [-0.15, -0.1) is 0 Å². The van der Waals surface area contributed by atoms with Crippen LogP contribution in [0.4, 0.5) is 0 Å². The Hall–Kier alpha value is -4.20. The van der Waals surface area contributed by atoms with E-state index in [1.807, 2.05) is 0 Å². The fourth-order valence-electron chi connectivity index (χ4n) is 2.85. The number of benzene rings is 2. The number of phenolic OH excluding ortho intramolecular Hbond substituents is 2. The number of carboxylic acids is 1. The summed E-state index contributed by atoms with van der Waals surface area (Å²) >= 11 is 0. The molecule has 8 nitrogen and oxygen atoms in total. The van der Waals surface area contributed by atoms with E-state index in [0.717, 1.165) is 6.08 Å². The lowest BCUT2D eigenvalue weighted by atomic mass is 9.92. The van der Waals surface area contributed by atoms with Crippen molar-refractivity contribution < 1.29 is 39.2 Å². The molecule has 8 heteroatoms. The molecular weight excluding hydrogens is 416 g/mol. The lowest BCUT2D eigenvalue weighted by Crippen LogP contribution is -2.22. The van der Waals surface area contributed by atoms with Crippen LogP contribution in [0, 0.1) is 5.92 Å². The molecule has 0 bridgehead atoms. The molecule has 2 rings (SSSR count). The summed E-state index contributed by atoms with van der Waals surface area (Å²) in [6.45, 7) is 0. The van der Waals surface area contributed by atoms with E-state index in [4.69, 9.17) is 9.84 Å². The van der Waals surface area contributed by atoms with E-state index in [2.05, 4.69) is 0 Å². The third-order valence-corrected chi connectivity index (χ3v) is 4.60. The fraction of sp³-hybridized carbons (Fsp3) is 0.167. The topological polar surface area (TPSA) is 138 Å². The quantitative estimate of drug-likeness (QED) is 0.276. The van der Waals surface area contributed by atoms with Crippen LogP contribution >= 0.6 is 0 Å². The smallest absolute Gasteiger partial charge is 0.303 e. The van der Waals surface area contributed by atoms with Crippen LogP contribution in [0.15, 0.2) is 48.6 Å². The summed E-state index contributed by atoms with van der Waals surface area (Å²) in [5.74, 6) is -3.57. The summed E-state index contributed by atoms with van der Waals surface area (Å²) in [7, 11) is 1.38. The van der Waals surface area contributed by atoms with Gasteiger partial charge in [-0.05, 0) is 54.0 Å². The van der Waals surface area contributed by atoms with Crippen molar-refractivity contribution in [3.05, 3.63) is 65.2 Å². The fourth-order valence-corrected chi connectivity index (χ4v) is 2.85. The number of hydrogen-bond acceptors (Lipinski definition) is 7. The van der Waals surface area contributed by atoms with Crippen LogP contribution in [-0.2, 0) is 14.4 Å². The Bertz CT molecular complexity index is 1080. The number of carboxylic acid groups (broad SMARTS) is 1. The van der Waals surface area contributed by atoms with Gasteiger partial charge in [0.05, 0.1) is 18.6 Å². The molecule has 0 saturated carbocycles. The number of carbonyl (C=O) groups excluding carboxylic acids is 3. The summed E-state index contributed by atoms with van der Waals surface area (Å²) in [5, 5.41) is 28.1. The maximum absolute atomic E-state index is 12.7. The SMILES string of the molecule is COc1cc(/C=C/C(=O)C(CCC(=O)O)C(=O)/C=C/c2ccc(O)c(C=O)c2)ccc1O. The monoisotopic (exact) mass is 438 g/mol. The molecule has 0 heterocycles. The van der Waals surface area contributed by atoms with E-state index in [1.165, 1.54) is 55.7 Å². The van der Waals surface area contributed by atoms with Crippen LogP contribution in [0.25, 0.3) is 12.2 Å². The Labute approximate surface area is 184 Å². The molecule has 0 amide bonds. The first-order valence-corrected chi connectivity index (χ1v) is 9.56. The molecule has 1 unspecified atom stereocenters. The molecule has 0 aliphatic rings. The molecule has 0 aliphatic carbocycles. The van der Waals surface area contributed by atoms with Crippen molar-refractivity contribution in [3.63, 3.8) is 0 Å². The number of allylic oxidation sites excluding steroid dienone is 2. The maximum Gasteiger partial charge on any atom is 0.303 e. The third kappa shape index (κ3) is 6.66. The van der Waals surface area contributed by atoms with Gasteiger partial charge < -0.3 is 20.1 Å². The predicted molar refractivity (Wildman–Crippen MR) is 117 cm³/mol. The highest BCUT2D eigenvalue weighted by Crippen LogP contribution is 2.27. The van der Waals surface area contributed by atoms with Gasteiger partial charge in [-0.25, -0.2) is 0 Å². The molecule has 1 atom stereocenters. The Morgan fingerprint density at radius 1 is 0.938 bits per heavy atom. The zero-order chi connectivity index (χ0) is 23.7. The van der Waals surface area contributed by atoms with Gasteiger partial charge in [0.15, 0.2) is 29.4 Å². The molecule has 0 fully saturated rings. The second-order valence-corrected chi connectivity index (χ2v) is 6.82. The summed E-state index contributed by atoms with van der Waals surface area (Å²) < 4.78 is 5.01. The van der Waals surface area contributed by atoms with E-state index in [-0.39, 0.29) is 35.7 Å². The number of methoxy groups -OCH3 is 1. The molecular formula is C24H22O8.